The van der Waals surface area contributed by atoms with Gasteiger partial charge in [0.2, 0.25) is 0 Å². The number of carbonyl (C=O) groups is 1. The number of nitrogens with two attached hydrogens (primary N) is 1. The van der Waals surface area contributed by atoms with Crippen LogP contribution in [0.5, 0.6) is 0 Å². The van der Waals surface area contributed by atoms with Crippen molar-refractivity contribution < 1.29 is 9.90 Å². The van der Waals surface area contributed by atoms with Gasteiger partial charge < -0.3 is 10.8 Å². The van der Waals surface area contributed by atoms with Gasteiger partial charge in [-0.3, -0.25) is 4.79 Å². The van der Waals surface area contributed by atoms with Crippen LogP contribution >= 0.6 is 0 Å². The zero-order valence-corrected chi connectivity index (χ0v) is 12.5. The van der Waals surface area contributed by atoms with Crippen molar-refractivity contribution in [1.82, 2.24) is 9.78 Å². The summed E-state index contributed by atoms with van der Waals surface area (Å²) in [6.07, 6.45) is 2.08. The van der Waals surface area contributed by atoms with E-state index in [0.717, 1.165) is 22.5 Å². The molecule has 0 aliphatic rings. The summed E-state index contributed by atoms with van der Waals surface area (Å²) in [6.45, 7) is 0. The molecule has 3 aromatic rings. The predicted octanol–water partition coefficient (Wildman–Crippen LogP) is 2.49. The lowest BCUT2D eigenvalue weighted by Crippen LogP contribution is -2.32. The number of nitrogens with zero attached hydrogens (tertiary/aromatic N) is 2. The predicted molar refractivity (Wildman–Crippen MR) is 88.3 cm³/mol. The molecule has 1 atom stereocenters. The van der Waals surface area contributed by atoms with Crippen LogP contribution in [0.1, 0.15) is 5.56 Å². The summed E-state index contributed by atoms with van der Waals surface area (Å²) in [4.78, 5) is 11.1. The van der Waals surface area contributed by atoms with Crippen molar-refractivity contribution >= 4 is 5.97 Å². The highest BCUT2D eigenvalue weighted by atomic mass is 16.4. The normalized spacial score (nSPS) is 12.0. The molecule has 0 saturated heterocycles. The van der Waals surface area contributed by atoms with Gasteiger partial charge >= 0.3 is 5.97 Å². The SMILES string of the molecule is NC(Cc1cn(-c2ccccc2)nc1-c1ccccc1)C(=O)O. The molecule has 0 bridgehead atoms. The number of carboxylic acid groups (broad SMARTS) is 1. The van der Waals surface area contributed by atoms with Crippen molar-refractivity contribution in [2.45, 2.75) is 12.5 Å². The molecular weight excluding hydrogens is 290 g/mol. The number of aromatic nitrogens is 2. The fraction of sp³-hybridized carbons (Fsp3) is 0.111. The summed E-state index contributed by atoms with van der Waals surface area (Å²) < 4.78 is 1.76. The van der Waals surface area contributed by atoms with E-state index in [1.165, 1.54) is 0 Å². The van der Waals surface area contributed by atoms with Crippen molar-refractivity contribution in [1.29, 1.82) is 0 Å². The maximum absolute atomic E-state index is 11.1. The number of carboxylic acids is 1. The molecule has 0 aliphatic carbocycles. The summed E-state index contributed by atoms with van der Waals surface area (Å²) in [5.74, 6) is -1.02. The molecule has 3 rings (SSSR count). The molecule has 0 aliphatic heterocycles. The first-order chi connectivity index (χ1) is 11.1. The fourth-order valence-electron chi connectivity index (χ4n) is 2.44. The van der Waals surface area contributed by atoms with Crippen LogP contribution in [0.4, 0.5) is 0 Å². The highest BCUT2D eigenvalue weighted by Gasteiger charge is 2.18. The van der Waals surface area contributed by atoms with Gasteiger partial charge in [0.15, 0.2) is 0 Å². The molecule has 5 nitrogen and oxygen atoms in total. The number of benzene rings is 2. The van der Waals surface area contributed by atoms with Crippen LogP contribution in [-0.4, -0.2) is 26.9 Å². The van der Waals surface area contributed by atoms with Crippen LogP contribution in [0.25, 0.3) is 16.9 Å². The standard InChI is InChI=1S/C18H17N3O2/c19-16(18(22)23)11-14-12-21(15-9-5-2-6-10-15)20-17(14)13-7-3-1-4-8-13/h1-10,12,16H,11,19H2,(H,22,23). The van der Waals surface area contributed by atoms with Gasteiger partial charge in [-0.15, -0.1) is 0 Å². The summed E-state index contributed by atoms with van der Waals surface area (Å²) >= 11 is 0. The van der Waals surface area contributed by atoms with Crippen molar-refractivity contribution in [3.05, 3.63) is 72.4 Å². The molecule has 1 aromatic heterocycles. The van der Waals surface area contributed by atoms with Crippen LogP contribution in [0.2, 0.25) is 0 Å². The van der Waals surface area contributed by atoms with E-state index in [-0.39, 0.29) is 6.42 Å². The van der Waals surface area contributed by atoms with Crippen molar-refractivity contribution in [3.8, 4) is 16.9 Å². The zero-order chi connectivity index (χ0) is 16.2. The Morgan fingerprint density at radius 3 is 2.30 bits per heavy atom. The molecule has 0 saturated carbocycles. The summed E-state index contributed by atoms with van der Waals surface area (Å²) in [7, 11) is 0. The Morgan fingerprint density at radius 2 is 1.70 bits per heavy atom. The Kier molecular flexibility index (Phi) is 4.21. The smallest absolute Gasteiger partial charge is 0.320 e. The van der Waals surface area contributed by atoms with Gasteiger partial charge in [-0.1, -0.05) is 48.5 Å². The molecule has 5 heteroatoms. The fourth-order valence-corrected chi connectivity index (χ4v) is 2.44. The Bertz CT molecular complexity index is 798. The van der Waals surface area contributed by atoms with Crippen LogP contribution in [-0.2, 0) is 11.2 Å². The van der Waals surface area contributed by atoms with Crippen LogP contribution in [0, 0.1) is 0 Å². The third kappa shape index (κ3) is 3.30. The lowest BCUT2D eigenvalue weighted by molar-refractivity contribution is -0.138. The highest BCUT2D eigenvalue weighted by Crippen LogP contribution is 2.24. The molecule has 0 radical (unpaired) electrons. The summed E-state index contributed by atoms with van der Waals surface area (Å²) in [5.41, 5.74) is 9.13. The lowest BCUT2D eigenvalue weighted by Gasteiger charge is -2.06. The topological polar surface area (TPSA) is 81.1 Å². The Hall–Kier alpha value is -2.92. The molecule has 1 heterocycles. The maximum atomic E-state index is 11.1. The Labute approximate surface area is 134 Å². The van der Waals surface area contributed by atoms with E-state index in [1.54, 1.807) is 4.68 Å². The first-order valence-electron chi connectivity index (χ1n) is 7.33. The molecule has 23 heavy (non-hydrogen) atoms. The third-order valence-electron chi connectivity index (χ3n) is 3.62. The average Bonchev–Trinajstić information content (AvgIpc) is 3.00. The molecule has 0 fully saturated rings. The van der Waals surface area contributed by atoms with E-state index in [0.29, 0.717) is 0 Å². The quantitative estimate of drug-likeness (QED) is 0.759. The van der Waals surface area contributed by atoms with E-state index in [2.05, 4.69) is 5.10 Å². The van der Waals surface area contributed by atoms with Crippen LogP contribution in [0.3, 0.4) is 0 Å². The second kappa shape index (κ2) is 6.46. The first kappa shape index (κ1) is 15.0. The minimum atomic E-state index is -1.02. The largest absolute Gasteiger partial charge is 0.480 e. The van der Waals surface area contributed by atoms with Gasteiger partial charge in [0.25, 0.3) is 0 Å². The number of rotatable bonds is 5. The van der Waals surface area contributed by atoms with Gasteiger partial charge in [0.1, 0.15) is 6.04 Å². The molecular formula is C18H17N3O2. The van der Waals surface area contributed by atoms with E-state index >= 15 is 0 Å². The molecule has 2 aromatic carbocycles. The third-order valence-corrected chi connectivity index (χ3v) is 3.62. The van der Waals surface area contributed by atoms with Gasteiger partial charge in [-0.2, -0.15) is 5.10 Å². The zero-order valence-electron chi connectivity index (χ0n) is 12.5. The van der Waals surface area contributed by atoms with Crippen LogP contribution in [0.15, 0.2) is 66.9 Å². The maximum Gasteiger partial charge on any atom is 0.320 e. The van der Waals surface area contributed by atoms with Gasteiger partial charge in [0, 0.05) is 23.7 Å². The highest BCUT2D eigenvalue weighted by molar-refractivity contribution is 5.74. The summed E-state index contributed by atoms with van der Waals surface area (Å²) in [6, 6.07) is 18.4. The monoisotopic (exact) mass is 307 g/mol. The van der Waals surface area contributed by atoms with Crippen LogP contribution < -0.4 is 5.73 Å². The van der Waals surface area contributed by atoms with Crippen molar-refractivity contribution in [2.24, 2.45) is 5.73 Å². The van der Waals surface area contributed by atoms with Gasteiger partial charge in [-0.25, -0.2) is 4.68 Å². The average molecular weight is 307 g/mol. The Balaban J connectivity index is 2.05. The number of hydrogen-bond acceptors (Lipinski definition) is 3. The molecule has 3 N–H and O–H groups in total. The summed E-state index contributed by atoms with van der Waals surface area (Å²) in [5, 5.41) is 13.7. The molecule has 116 valence electrons. The molecule has 0 amide bonds. The minimum absolute atomic E-state index is 0.229. The van der Waals surface area contributed by atoms with Gasteiger partial charge in [-0.05, 0) is 12.1 Å². The second-order valence-corrected chi connectivity index (χ2v) is 5.30. The number of hydrogen-bond donors (Lipinski definition) is 2. The minimum Gasteiger partial charge on any atom is -0.480 e. The number of aliphatic carboxylic acids is 1. The first-order valence-corrected chi connectivity index (χ1v) is 7.33. The van der Waals surface area contributed by atoms with Crippen molar-refractivity contribution in [3.63, 3.8) is 0 Å². The second-order valence-electron chi connectivity index (χ2n) is 5.30. The van der Waals surface area contributed by atoms with E-state index in [9.17, 15) is 4.79 Å². The van der Waals surface area contributed by atoms with E-state index in [4.69, 9.17) is 10.8 Å². The van der Waals surface area contributed by atoms with E-state index in [1.807, 2.05) is 66.9 Å². The molecule has 1 unspecified atom stereocenters. The van der Waals surface area contributed by atoms with E-state index < -0.39 is 12.0 Å². The number of para-hydroxylation sites is 1. The lowest BCUT2D eigenvalue weighted by atomic mass is 10.0. The Morgan fingerprint density at radius 1 is 1.09 bits per heavy atom. The molecule has 0 spiro atoms. The van der Waals surface area contributed by atoms with Crippen molar-refractivity contribution in [2.75, 3.05) is 0 Å². The van der Waals surface area contributed by atoms with Gasteiger partial charge in [0.05, 0.1) is 11.4 Å².